The van der Waals surface area contributed by atoms with Gasteiger partial charge in [0.25, 0.3) is 0 Å². The van der Waals surface area contributed by atoms with Crippen molar-refractivity contribution < 1.29 is 14.9 Å². The molecule has 4 heteroatoms. The van der Waals surface area contributed by atoms with E-state index in [0.29, 0.717) is 19.1 Å². The van der Waals surface area contributed by atoms with Crippen LogP contribution in [0.5, 0.6) is 0 Å². The normalized spacial score (nSPS) is 19.2. The Morgan fingerprint density at radius 3 is 2.82 bits per heavy atom. The van der Waals surface area contributed by atoms with Crippen molar-refractivity contribution in [1.82, 2.24) is 5.32 Å². The van der Waals surface area contributed by atoms with Crippen LogP contribution in [0.15, 0.2) is 0 Å². The number of aliphatic hydroxyl groups excluding tert-OH is 2. The van der Waals surface area contributed by atoms with E-state index in [0.717, 1.165) is 31.9 Å². The van der Waals surface area contributed by atoms with Gasteiger partial charge in [0.1, 0.15) is 0 Å². The molecule has 17 heavy (non-hydrogen) atoms. The van der Waals surface area contributed by atoms with Crippen molar-refractivity contribution in [2.75, 3.05) is 32.9 Å². The molecule has 0 aromatic rings. The summed E-state index contributed by atoms with van der Waals surface area (Å²) < 4.78 is 5.41. The van der Waals surface area contributed by atoms with E-state index >= 15 is 0 Å². The van der Waals surface area contributed by atoms with Crippen molar-refractivity contribution in [2.24, 2.45) is 11.8 Å². The Balaban J connectivity index is 1.80. The Labute approximate surface area is 104 Å². The highest BCUT2D eigenvalue weighted by Gasteiger charge is 2.21. The van der Waals surface area contributed by atoms with Crippen LogP contribution in [0.4, 0.5) is 0 Å². The van der Waals surface area contributed by atoms with Gasteiger partial charge in [0.15, 0.2) is 0 Å². The average molecular weight is 245 g/mol. The lowest BCUT2D eigenvalue weighted by Gasteiger charge is -2.13. The Morgan fingerprint density at radius 2 is 2.18 bits per heavy atom. The van der Waals surface area contributed by atoms with E-state index < -0.39 is 6.10 Å². The zero-order chi connectivity index (χ0) is 12.5. The van der Waals surface area contributed by atoms with Crippen LogP contribution in [0.3, 0.4) is 0 Å². The Bertz CT molecular complexity index is 186. The second-order valence-electron chi connectivity index (χ2n) is 5.27. The van der Waals surface area contributed by atoms with Crippen molar-refractivity contribution in [2.45, 2.75) is 38.7 Å². The van der Waals surface area contributed by atoms with E-state index in [9.17, 15) is 5.11 Å². The van der Waals surface area contributed by atoms with E-state index in [1.807, 2.05) is 6.92 Å². The Morgan fingerprint density at radius 1 is 1.41 bits per heavy atom. The van der Waals surface area contributed by atoms with Crippen molar-refractivity contribution in [3.8, 4) is 0 Å². The fourth-order valence-electron chi connectivity index (χ4n) is 1.65. The highest BCUT2D eigenvalue weighted by atomic mass is 16.5. The van der Waals surface area contributed by atoms with Crippen LogP contribution >= 0.6 is 0 Å². The maximum absolute atomic E-state index is 9.61. The topological polar surface area (TPSA) is 61.7 Å². The van der Waals surface area contributed by atoms with E-state index in [-0.39, 0.29) is 6.61 Å². The first kappa shape index (κ1) is 14.9. The molecule has 1 rings (SSSR count). The minimum Gasteiger partial charge on any atom is -0.396 e. The number of hydrogen-bond acceptors (Lipinski definition) is 4. The molecule has 2 unspecified atom stereocenters. The van der Waals surface area contributed by atoms with Crippen LogP contribution in [0.25, 0.3) is 0 Å². The molecule has 0 aromatic heterocycles. The molecule has 4 nitrogen and oxygen atoms in total. The van der Waals surface area contributed by atoms with Crippen LogP contribution in [0.2, 0.25) is 0 Å². The number of nitrogens with one attached hydrogen (secondary N) is 1. The molecule has 0 bridgehead atoms. The fourth-order valence-corrected chi connectivity index (χ4v) is 1.65. The summed E-state index contributed by atoms with van der Waals surface area (Å²) in [5.41, 5.74) is 0. The molecule has 0 radical (unpaired) electrons. The number of ether oxygens (including phenoxy) is 1. The second kappa shape index (κ2) is 8.86. The Hall–Kier alpha value is -0.160. The molecular weight excluding hydrogens is 218 g/mol. The zero-order valence-electron chi connectivity index (χ0n) is 10.9. The fraction of sp³-hybridized carbons (Fsp3) is 1.00. The highest BCUT2D eigenvalue weighted by molar-refractivity contribution is 4.72. The molecule has 0 saturated heterocycles. The quantitative estimate of drug-likeness (QED) is 0.471. The predicted octanol–water partition coefficient (Wildman–Crippen LogP) is 0.772. The summed E-state index contributed by atoms with van der Waals surface area (Å²) in [6.07, 6.45) is 4.24. The largest absolute Gasteiger partial charge is 0.396 e. The minimum absolute atomic E-state index is 0.262. The monoisotopic (exact) mass is 245 g/mol. The summed E-state index contributed by atoms with van der Waals surface area (Å²) in [7, 11) is 0. The molecular formula is C13H27NO3. The van der Waals surface area contributed by atoms with Crippen LogP contribution < -0.4 is 5.32 Å². The third-order valence-electron chi connectivity index (χ3n) is 3.10. The number of hydrogen-bond donors (Lipinski definition) is 3. The molecule has 1 aliphatic rings. The summed E-state index contributed by atoms with van der Waals surface area (Å²) in [4.78, 5) is 0. The van der Waals surface area contributed by atoms with Gasteiger partial charge < -0.3 is 20.3 Å². The van der Waals surface area contributed by atoms with E-state index in [1.165, 1.54) is 12.8 Å². The van der Waals surface area contributed by atoms with E-state index in [2.05, 4.69) is 5.32 Å². The second-order valence-corrected chi connectivity index (χ2v) is 5.27. The van der Waals surface area contributed by atoms with Crippen molar-refractivity contribution in [3.05, 3.63) is 0 Å². The molecule has 0 aromatic carbocycles. The van der Waals surface area contributed by atoms with Gasteiger partial charge in [-0.25, -0.2) is 0 Å². The first-order chi connectivity index (χ1) is 8.22. The molecule has 0 amide bonds. The maximum Gasteiger partial charge on any atom is 0.0897 e. The number of rotatable bonds is 11. The summed E-state index contributed by atoms with van der Waals surface area (Å²) >= 11 is 0. The van der Waals surface area contributed by atoms with E-state index in [1.54, 1.807) is 0 Å². The van der Waals surface area contributed by atoms with Gasteiger partial charge in [0, 0.05) is 19.8 Å². The smallest absolute Gasteiger partial charge is 0.0897 e. The van der Waals surface area contributed by atoms with Gasteiger partial charge in [-0.3, -0.25) is 0 Å². The summed E-state index contributed by atoms with van der Waals surface area (Å²) in [6, 6.07) is 0. The Kier molecular flexibility index (Phi) is 7.77. The third kappa shape index (κ3) is 8.55. The molecule has 0 spiro atoms. The lowest BCUT2D eigenvalue weighted by atomic mass is 10.1. The lowest BCUT2D eigenvalue weighted by Crippen LogP contribution is -2.31. The maximum atomic E-state index is 9.61. The first-order valence-corrected chi connectivity index (χ1v) is 6.79. The van der Waals surface area contributed by atoms with Crippen molar-refractivity contribution >= 4 is 0 Å². The molecule has 0 aliphatic heterocycles. The molecule has 3 N–H and O–H groups in total. The summed E-state index contributed by atoms with van der Waals surface area (Å²) in [5, 5.41) is 21.7. The summed E-state index contributed by atoms with van der Waals surface area (Å²) in [5.74, 6) is 1.14. The van der Waals surface area contributed by atoms with E-state index in [4.69, 9.17) is 9.84 Å². The molecule has 102 valence electrons. The zero-order valence-corrected chi connectivity index (χ0v) is 10.9. The van der Waals surface area contributed by atoms with Crippen LogP contribution in [0, 0.1) is 11.8 Å². The van der Waals surface area contributed by atoms with Crippen LogP contribution in [0.1, 0.15) is 32.6 Å². The standard InChI is InChI=1S/C13H27NO3/c1-11(8-15)3-2-6-14-7-13(16)10-17-9-12-4-5-12/h11-16H,2-10H2,1H3. The van der Waals surface area contributed by atoms with Gasteiger partial charge in [0.2, 0.25) is 0 Å². The SMILES string of the molecule is CC(CO)CCCNCC(O)COCC1CC1. The third-order valence-corrected chi connectivity index (χ3v) is 3.10. The molecule has 1 saturated carbocycles. The van der Waals surface area contributed by atoms with Gasteiger partial charge in [-0.1, -0.05) is 6.92 Å². The van der Waals surface area contributed by atoms with Crippen molar-refractivity contribution in [1.29, 1.82) is 0 Å². The van der Waals surface area contributed by atoms with Gasteiger partial charge in [-0.2, -0.15) is 0 Å². The molecule has 2 atom stereocenters. The predicted molar refractivity (Wildman–Crippen MR) is 67.9 cm³/mol. The van der Waals surface area contributed by atoms with Gasteiger partial charge >= 0.3 is 0 Å². The lowest BCUT2D eigenvalue weighted by molar-refractivity contribution is 0.0326. The van der Waals surface area contributed by atoms with Gasteiger partial charge in [-0.15, -0.1) is 0 Å². The van der Waals surface area contributed by atoms with Crippen LogP contribution in [-0.4, -0.2) is 49.2 Å². The van der Waals surface area contributed by atoms with Gasteiger partial charge in [0.05, 0.1) is 12.7 Å². The minimum atomic E-state index is -0.399. The van der Waals surface area contributed by atoms with Gasteiger partial charge in [-0.05, 0) is 44.1 Å². The highest BCUT2D eigenvalue weighted by Crippen LogP contribution is 2.28. The summed E-state index contributed by atoms with van der Waals surface area (Å²) in [6.45, 7) is 5.04. The molecule has 1 fully saturated rings. The van der Waals surface area contributed by atoms with Crippen molar-refractivity contribution in [3.63, 3.8) is 0 Å². The first-order valence-electron chi connectivity index (χ1n) is 6.79. The average Bonchev–Trinajstić information content (AvgIpc) is 3.12. The number of aliphatic hydroxyl groups is 2. The molecule has 0 heterocycles. The van der Waals surface area contributed by atoms with Crippen LogP contribution in [-0.2, 0) is 4.74 Å². The molecule has 1 aliphatic carbocycles.